The number of amides is 1. The van der Waals surface area contributed by atoms with E-state index in [0.717, 1.165) is 11.1 Å². The van der Waals surface area contributed by atoms with Crippen molar-refractivity contribution in [1.82, 2.24) is 5.32 Å². The van der Waals surface area contributed by atoms with E-state index in [9.17, 15) is 13.2 Å². The third-order valence-corrected chi connectivity index (χ3v) is 5.80. The lowest BCUT2D eigenvalue weighted by Crippen LogP contribution is -2.29. The predicted molar refractivity (Wildman–Crippen MR) is 123 cm³/mol. The largest absolute Gasteiger partial charge is 0.492 e. The molecule has 0 heterocycles. The molecule has 3 aromatic rings. The normalized spacial score (nSPS) is 11.0. The SMILES string of the molecule is CCOc1ccccc1N(Cc1ccc(C(=O)NCc2ccccc2)cc1)S(C)(=O)=O. The summed E-state index contributed by atoms with van der Waals surface area (Å²) in [6.45, 7) is 2.86. The van der Waals surface area contributed by atoms with Gasteiger partial charge in [-0.15, -0.1) is 0 Å². The number of nitrogens with zero attached hydrogens (tertiary/aromatic N) is 1. The second kappa shape index (κ2) is 10.1. The molecule has 0 fully saturated rings. The smallest absolute Gasteiger partial charge is 0.251 e. The third-order valence-electron chi connectivity index (χ3n) is 4.67. The maximum Gasteiger partial charge on any atom is 0.251 e. The number of sulfonamides is 1. The van der Waals surface area contributed by atoms with Gasteiger partial charge in [-0.2, -0.15) is 0 Å². The van der Waals surface area contributed by atoms with E-state index in [1.165, 1.54) is 10.6 Å². The lowest BCUT2D eigenvalue weighted by molar-refractivity contribution is 0.0951. The quantitative estimate of drug-likeness (QED) is 0.548. The van der Waals surface area contributed by atoms with E-state index in [-0.39, 0.29) is 12.5 Å². The Bertz CT molecular complexity index is 1110. The van der Waals surface area contributed by atoms with Crippen LogP contribution in [0, 0.1) is 0 Å². The van der Waals surface area contributed by atoms with Gasteiger partial charge in [0.15, 0.2) is 0 Å². The summed E-state index contributed by atoms with van der Waals surface area (Å²) in [5.74, 6) is 0.324. The Morgan fingerprint density at radius 2 is 1.55 bits per heavy atom. The van der Waals surface area contributed by atoms with Crippen LogP contribution in [0.3, 0.4) is 0 Å². The molecule has 1 N–H and O–H groups in total. The first kappa shape index (κ1) is 22.4. The van der Waals surface area contributed by atoms with Crippen LogP contribution in [0.4, 0.5) is 5.69 Å². The van der Waals surface area contributed by atoms with Crippen molar-refractivity contribution in [3.8, 4) is 5.75 Å². The van der Waals surface area contributed by atoms with E-state index in [0.29, 0.717) is 30.2 Å². The lowest BCUT2D eigenvalue weighted by atomic mass is 10.1. The van der Waals surface area contributed by atoms with Crippen molar-refractivity contribution in [3.63, 3.8) is 0 Å². The van der Waals surface area contributed by atoms with E-state index < -0.39 is 10.0 Å². The zero-order chi connectivity index (χ0) is 22.3. The number of hydrogen-bond acceptors (Lipinski definition) is 4. The van der Waals surface area contributed by atoms with Crippen molar-refractivity contribution in [2.24, 2.45) is 0 Å². The lowest BCUT2D eigenvalue weighted by Gasteiger charge is -2.24. The van der Waals surface area contributed by atoms with Crippen LogP contribution in [-0.2, 0) is 23.1 Å². The van der Waals surface area contributed by atoms with Gasteiger partial charge in [0.1, 0.15) is 5.75 Å². The molecule has 0 saturated heterocycles. The molecule has 3 rings (SSSR count). The molecule has 1 amide bonds. The molecular formula is C24H26N2O4S. The maximum absolute atomic E-state index is 12.5. The molecule has 0 aliphatic carbocycles. The first-order chi connectivity index (χ1) is 14.9. The minimum atomic E-state index is -3.55. The summed E-state index contributed by atoms with van der Waals surface area (Å²) in [4.78, 5) is 12.4. The molecule has 0 aliphatic rings. The second-order valence-electron chi connectivity index (χ2n) is 7.04. The summed E-state index contributed by atoms with van der Waals surface area (Å²) in [6, 6.07) is 23.6. The highest BCUT2D eigenvalue weighted by molar-refractivity contribution is 7.92. The third kappa shape index (κ3) is 6.08. The summed E-state index contributed by atoms with van der Waals surface area (Å²) < 4.78 is 31.9. The number of carbonyl (C=O) groups excluding carboxylic acids is 1. The minimum absolute atomic E-state index is 0.134. The Morgan fingerprint density at radius 3 is 2.19 bits per heavy atom. The van der Waals surface area contributed by atoms with Gasteiger partial charge in [-0.3, -0.25) is 9.10 Å². The fourth-order valence-corrected chi connectivity index (χ4v) is 4.02. The number of benzene rings is 3. The van der Waals surface area contributed by atoms with Gasteiger partial charge in [-0.25, -0.2) is 8.42 Å². The molecule has 6 nitrogen and oxygen atoms in total. The van der Waals surface area contributed by atoms with Gasteiger partial charge in [0.05, 0.1) is 25.1 Å². The first-order valence-corrected chi connectivity index (χ1v) is 11.8. The maximum atomic E-state index is 12.5. The number of rotatable bonds is 9. The molecule has 0 aliphatic heterocycles. The molecule has 0 bridgehead atoms. The van der Waals surface area contributed by atoms with Crippen LogP contribution < -0.4 is 14.4 Å². The molecular weight excluding hydrogens is 412 g/mol. The van der Waals surface area contributed by atoms with Crippen LogP contribution in [-0.4, -0.2) is 27.2 Å². The molecule has 0 unspecified atom stereocenters. The number of hydrogen-bond donors (Lipinski definition) is 1. The fraction of sp³-hybridized carbons (Fsp3) is 0.208. The predicted octanol–water partition coefficient (Wildman–Crippen LogP) is 3.98. The number of carbonyl (C=O) groups is 1. The summed E-state index contributed by atoms with van der Waals surface area (Å²) >= 11 is 0. The van der Waals surface area contributed by atoms with Gasteiger partial charge in [-0.1, -0.05) is 54.6 Å². The number of ether oxygens (including phenoxy) is 1. The molecule has 0 radical (unpaired) electrons. The molecule has 0 saturated carbocycles. The van der Waals surface area contributed by atoms with Crippen molar-refractivity contribution in [2.45, 2.75) is 20.0 Å². The van der Waals surface area contributed by atoms with Crippen molar-refractivity contribution in [3.05, 3.63) is 95.6 Å². The van der Waals surface area contributed by atoms with Crippen molar-refractivity contribution in [1.29, 1.82) is 0 Å². The Kier molecular flexibility index (Phi) is 7.31. The van der Waals surface area contributed by atoms with Crippen molar-refractivity contribution >= 4 is 21.6 Å². The monoisotopic (exact) mass is 438 g/mol. The molecule has 162 valence electrons. The Hall–Kier alpha value is -3.32. The van der Waals surface area contributed by atoms with Crippen molar-refractivity contribution in [2.75, 3.05) is 17.2 Å². The molecule has 7 heteroatoms. The zero-order valence-corrected chi connectivity index (χ0v) is 18.4. The minimum Gasteiger partial charge on any atom is -0.492 e. The van der Waals surface area contributed by atoms with E-state index >= 15 is 0 Å². The molecule has 3 aromatic carbocycles. The molecule has 0 spiro atoms. The fourth-order valence-electron chi connectivity index (χ4n) is 3.13. The summed E-state index contributed by atoms with van der Waals surface area (Å²) in [7, 11) is -3.55. The van der Waals surface area contributed by atoms with Gasteiger partial charge in [0, 0.05) is 12.1 Å². The van der Waals surface area contributed by atoms with Gasteiger partial charge in [-0.05, 0) is 42.3 Å². The number of anilines is 1. The van der Waals surface area contributed by atoms with Crippen LogP contribution >= 0.6 is 0 Å². The van der Waals surface area contributed by atoms with E-state index in [4.69, 9.17) is 4.74 Å². The Labute approximate surface area is 183 Å². The average molecular weight is 439 g/mol. The first-order valence-electron chi connectivity index (χ1n) is 9.99. The van der Waals surface area contributed by atoms with Crippen LogP contribution in [0.15, 0.2) is 78.9 Å². The van der Waals surface area contributed by atoms with Crippen LogP contribution in [0.2, 0.25) is 0 Å². The highest BCUT2D eigenvalue weighted by Crippen LogP contribution is 2.31. The highest BCUT2D eigenvalue weighted by Gasteiger charge is 2.21. The highest BCUT2D eigenvalue weighted by atomic mass is 32.2. The summed E-state index contributed by atoms with van der Waals surface area (Å²) in [5.41, 5.74) is 2.78. The summed E-state index contributed by atoms with van der Waals surface area (Å²) in [6.07, 6.45) is 1.17. The Balaban J connectivity index is 1.74. The second-order valence-corrected chi connectivity index (χ2v) is 8.94. The number of para-hydroxylation sites is 2. The zero-order valence-electron chi connectivity index (χ0n) is 17.6. The van der Waals surface area contributed by atoms with Crippen molar-refractivity contribution < 1.29 is 17.9 Å². The average Bonchev–Trinajstić information content (AvgIpc) is 2.77. The van der Waals surface area contributed by atoms with Crippen LogP contribution in [0.1, 0.15) is 28.4 Å². The van der Waals surface area contributed by atoms with Crippen LogP contribution in [0.5, 0.6) is 5.75 Å². The van der Waals surface area contributed by atoms with Gasteiger partial charge in [0.2, 0.25) is 10.0 Å². The van der Waals surface area contributed by atoms with E-state index in [2.05, 4.69) is 5.32 Å². The topological polar surface area (TPSA) is 75.7 Å². The van der Waals surface area contributed by atoms with Gasteiger partial charge < -0.3 is 10.1 Å². The van der Waals surface area contributed by atoms with Crippen LogP contribution in [0.25, 0.3) is 0 Å². The molecule has 0 atom stereocenters. The molecule has 0 aromatic heterocycles. The number of nitrogens with one attached hydrogen (secondary N) is 1. The summed E-state index contributed by atoms with van der Waals surface area (Å²) in [5, 5.41) is 2.89. The Morgan fingerprint density at radius 1 is 0.903 bits per heavy atom. The van der Waals surface area contributed by atoms with Gasteiger partial charge >= 0.3 is 0 Å². The standard InChI is InChI=1S/C24H26N2O4S/c1-3-30-23-12-8-7-11-22(23)26(31(2,28)29)18-20-13-15-21(16-14-20)24(27)25-17-19-9-5-4-6-10-19/h4-16H,3,17-18H2,1-2H3,(H,25,27). The van der Waals surface area contributed by atoms with Gasteiger partial charge in [0.25, 0.3) is 5.91 Å². The van der Waals surface area contributed by atoms with E-state index in [1.807, 2.05) is 37.3 Å². The molecule has 31 heavy (non-hydrogen) atoms. The van der Waals surface area contributed by atoms with E-state index in [1.54, 1.807) is 48.5 Å².